The van der Waals surface area contributed by atoms with Gasteiger partial charge < -0.3 is 20.3 Å². The maximum absolute atomic E-state index is 6.00. The fourth-order valence-corrected chi connectivity index (χ4v) is 3.76. The summed E-state index contributed by atoms with van der Waals surface area (Å²) in [6.45, 7) is 0.774. The maximum atomic E-state index is 6.00. The second kappa shape index (κ2) is 7.72. The first kappa shape index (κ1) is 17.5. The lowest BCUT2D eigenvalue weighted by Crippen LogP contribution is -2.49. The SMILES string of the molecule is CN=C(NCC(c1ccc(Cl)cc1)N(C)C)NC1CC2CCC1O2. The van der Waals surface area contributed by atoms with Gasteiger partial charge in [0.25, 0.3) is 0 Å². The van der Waals surface area contributed by atoms with Crippen LogP contribution in [-0.2, 0) is 4.74 Å². The lowest BCUT2D eigenvalue weighted by atomic mass is 9.96. The van der Waals surface area contributed by atoms with Gasteiger partial charge in [0, 0.05) is 18.6 Å². The van der Waals surface area contributed by atoms with Gasteiger partial charge in [0.05, 0.1) is 24.3 Å². The van der Waals surface area contributed by atoms with Crippen molar-refractivity contribution in [3.63, 3.8) is 0 Å². The van der Waals surface area contributed by atoms with E-state index >= 15 is 0 Å². The van der Waals surface area contributed by atoms with Gasteiger partial charge in [-0.25, -0.2) is 0 Å². The summed E-state index contributed by atoms with van der Waals surface area (Å²) in [7, 11) is 5.98. The molecule has 0 aromatic heterocycles. The van der Waals surface area contributed by atoms with Crippen LogP contribution in [0.3, 0.4) is 0 Å². The molecule has 5 nitrogen and oxygen atoms in total. The molecule has 1 aromatic rings. The van der Waals surface area contributed by atoms with Crippen molar-refractivity contribution in [3.05, 3.63) is 34.9 Å². The fraction of sp³-hybridized carbons (Fsp3) is 0.611. The Morgan fingerprint density at radius 2 is 2.08 bits per heavy atom. The van der Waals surface area contributed by atoms with Gasteiger partial charge in [0.15, 0.2) is 5.96 Å². The highest BCUT2D eigenvalue weighted by Gasteiger charge is 2.41. The van der Waals surface area contributed by atoms with E-state index in [0.29, 0.717) is 18.2 Å². The van der Waals surface area contributed by atoms with Crippen molar-refractivity contribution in [2.75, 3.05) is 27.7 Å². The summed E-state index contributed by atoms with van der Waals surface area (Å²) < 4.78 is 5.91. The Labute approximate surface area is 149 Å². The van der Waals surface area contributed by atoms with E-state index in [-0.39, 0.29) is 6.04 Å². The minimum absolute atomic E-state index is 0.247. The summed E-state index contributed by atoms with van der Waals surface area (Å²) in [4.78, 5) is 6.57. The van der Waals surface area contributed by atoms with Crippen molar-refractivity contribution < 1.29 is 4.74 Å². The molecule has 6 heteroatoms. The number of nitrogens with one attached hydrogen (secondary N) is 2. The van der Waals surface area contributed by atoms with Crippen LogP contribution in [0.5, 0.6) is 0 Å². The number of fused-ring (bicyclic) bond motifs is 2. The summed E-state index contributed by atoms with van der Waals surface area (Å²) in [5.41, 5.74) is 1.23. The van der Waals surface area contributed by atoms with Crippen molar-refractivity contribution in [2.24, 2.45) is 4.99 Å². The molecule has 2 aliphatic rings. The Morgan fingerprint density at radius 1 is 1.33 bits per heavy atom. The highest BCUT2D eigenvalue weighted by Crippen LogP contribution is 2.34. The van der Waals surface area contributed by atoms with Crippen LogP contribution in [0.1, 0.15) is 30.9 Å². The lowest BCUT2D eigenvalue weighted by molar-refractivity contribution is 0.0992. The highest BCUT2D eigenvalue weighted by atomic mass is 35.5. The molecular formula is C18H27ClN4O. The Balaban J connectivity index is 1.57. The topological polar surface area (TPSA) is 48.9 Å². The van der Waals surface area contributed by atoms with E-state index in [1.807, 2.05) is 19.2 Å². The molecule has 0 spiro atoms. The number of rotatable bonds is 5. The van der Waals surface area contributed by atoms with Crippen LogP contribution in [0.4, 0.5) is 0 Å². The number of ether oxygens (including phenoxy) is 1. The highest BCUT2D eigenvalue weighted by molar-refractivity contribution is 6.30. The van der Waals surface area contributed by atoms with Crippen LogP contribution >= 0.6 is 11.6 Å². The molecule has 1 aromatic carbocycles. The van der Waals surface area contributed by atoms with E-state index in [0.717, 1.165) is 30.4 Å². The molecule has 2 aliphatic heterocycles. The molecule has 2 fully saturated rings. The van der Waals surface area contributed by atoms with Crippen molar-refractivity contribution in [3.8, 4) is 0 Å². The first-order chi connectivity index (χ1) is 11.6. The molecule has 3 rings (SSSR count). The number of hydrogen-bond donors (Lipinski definition) is 2. The molecule has 0 aliphatic carbocycles. The van der Waals surface area contributed by atoms with Crippen molar-refractivity contribution in [1.29, 1.82) is 0 Å². The molecule has 0 amide bonds. The molecule has 0 radical (unpaired) electrons. The third-order valence-electron chi connectivity index (χ3n) is 4.99. The Bertz CT molecular complexity index is 575. The maximum Gasteiger partial charge on any atom is 0.191 e. The summed E-state index contributed by atoms with van der Waals surface area (Å²) >= 11 is 6.00. The second-order valence-corrected chi connectivity index (χ2v) is 7.28. The van der Waals surface area contributed by atoms with Gasteiger partial charge in [0.2, 0.25) is 0 Å². The van der Waals surface area contributed by atoms with E-state index in [4.69, 9.17) is 16.3 Å². The number of guanidine groups is 1. The zero-order valence-corrected chi connectivity index (χ0v) is 15.4. The van der Waals surface area contributed by atoms with Gasteiger partial charge in [-0.2, -0.15) is 0 Å². The van der Waals surface area contributed by atoms with Crippen LogP contribution in [0, 0.1) is 0 Å². The molecule has 2 N–H and O–H groups in total. The quantitative estimate of drug-likeness (QED) is 0.632. The van der Waals surface area contributed by atoms with E-state index < -0.39 is 0 Å². The minimum atomic E-state index is 0.247. The molecule has 2 heterocycles. The molecule has 4 unspecified atom stereocenters. The zero-order chi connectivity index (χ0) is 17.1. The van der Waals surface area contributed by atoms with Gasteiger partial charge >= 0.3 is 0 Å². The van der Waals surface area contributed by atoms with Crippen LogP contribution in [0.2, 0.25) is 5.02 Å². The fourth-order valence-electron chi connectivity index (χ4n) is 3.64. The van der Waals surface area contributed by atoms with Crippen LogP contribution in [0.25, 0.3) is 0 Å². The summed E-state index contributed by atoms with van der Waals surface area (Å²) in [6, 6.07) is 8.66. The Hall–Kier alpha value is -1.30. The first-order valence-electron chi connectivity index (χ1n) is 8.61. The number of likely N-dealkylation sites (N-methyl/N-ethyl adjacent to an activating group) is 1. The Morgan fingerprint density at radius 3 is 2.62 bits per heavy atom. The van der Waals surface area contributed by atoms with E-state index in [1.54, 1.807) is 0 Å². The average molecular weight is 351 g/mol. The van der Waals surface area contributed by atoms with Gasteiger partial charge in [-0.15, -0.1) is 0 Å². The van der Waals surface area contributed by atoms with Crippen molar-refractivity contribution in [2.45, 2.75) is 43.6 Å². The number of aliphatic imine (C=N–C) groups is 1. The van der Waals surface area contributed by atoms with Gasteiger partial charge in [-0.1, -0.05) is 23.7 Å². The lowest BCUT2D eigenvalue weighted by Gasteiger charge is -2.28. The third-order valence-corrected chi connectivity index (χ3v) is 5.24. The minimum Gasteiger partial charge on any atom is -0.373 e. The number of hydrogen-bond acceptors (Lipinski definition) is 3. The van der Waals surface area contributed by atoms with Crippen LogP contribution < -0.4 is 10.6 Å². The summed E-state index contributed by atoms with van der Waals surface area (Å²) in [5, 5.41) is 7.75. The van der Waals surface area contributed by atoms with Gasteiger partial charge in [-0.3, -0.25) is 4.99 Å². The standard InChI is InChI=1S/C18H27ClN4O/c1-20-18(22-15-10-14-8-9-17(15)24-14)21-11-16(23(2)3)12-4-6-13(19)7-5-12/h4-7,14-17H,8-11H2,1-3H3,(H2,20,21,22). The molecule has 24 heavy (non-hydrogen) atoms. The third kappa shape index (κ3) is 4.02. The second-order valence-electron chi connectivity index (χ2n) is 6.84. The van der Waals surface area contributed by atoms with Crippen LogP contribution in [0.15, 0.2) is 29.3 Å². The summed E-state index contributed by atoms with van der Waals surface area (Å²) in [5.74, 6) is 0.844. The predicted molar refractivity (Wildman–Crippen MR) is 98.7 cm³/mol. The average Bonchev–Trinajstić information content (AvgIpc) is 3.18. The first-order valence-corrected chi connectivity index (χ1v) is 8.99. The molecule has 2 bridgehead atoms. The zero-order valence-electron chi connectivity index (χ0n) is 14.6. The van der Waals surface area contributed by atoms with Gasteiger partial charge in [-0.05, 0) is 51.1 Å². The molecular weight excluding hydrogens is 324 g/mol. The van der Waals surface area contributed by atoms with E-state index in [9.17, 15) is 0 Å². The van der Waals surface area contributed by atoms with Crippen molar-refractivity contribution in [1.82, 2.24) is 15.5 Å². The predicted octanol–water partition coefficient (Wildman–Crippen LogP) is 2.43. The summed E-state index contributed by atoms with van der Waals surface area (Å²) in [6.07, 6.45) is 4.22. The number of benzene rings is 1. The molecule has 2 saturated heterocycles. The molecule has 132 valence electrons. The number of halogens is 1. The number of nitrogens with zero attached hydrogens (tertiary/aromatic N) is 2. The van der Waals surface area contributed by atoms with E-state index in [2.05, 4.69) is 46.8 Å². The monoisotopic (exact) mass is 350 g/mol. The van der Waals surface area contributed by atoms with E-state index in [1.165, 1.54) is 12.0 Å². The largest absolute Gasteiger partial charge is 0.373 e. The normalized spacial score (nSPS) is 27.5. The molecule has 4 atom stereocenters. The van der Waals surface area contributed by atoms with Crippen molar-refractivity contribution >= 4 is 17.6 Å². The van der Waals surface area contributed by atoms with Crippen LogP contribution in [-0.4, -0.2) is 56.8 Å². The Kier molecular flexibility index (Phi) is 5.64. The smallest absolute Gasteiger partial charge is 0.191 e. The molecule has 0 saturated carbocycles. The van der Waals surface area contributed by atoms with Gasteiger partial charge in [0.1, 0.15) is 0 Å².